The second-order valence-corrected chi connectivity index (χ2v) is 10.4. The van der Waals surface area contributed by atoms with E-state index in [-0.39, 0.29) is 11.8 Å². The molecule has 1 aliphatic heterocycles. The van der Waals surface area contributed by atoms with Crippen molar-refractivity contribution in [2.45, 2.75) is 19.8 Å². The minimum absolute atomic E-state index is 0.0350. The summed E-state index contributed by atoms with van der Waals surface area (Å²) in [6, 6.07) is 22.0. The van der Waals surface area contributed by atoms with Gasteiger partial charge in [0.1, 0.15) is 5.01 Å². The van der Waals surface area contributed by atoms with Crippen molar-refractivity contribution >= 4 is 39.0 Å². The number of carbonyl (C=O) groups excluding carboxylic acids is 1. The van der Waals surface area contributed by atoms with Crippen LogP contribution in [0, 0.1) is 12.8 Å². The minimum Gasteiger partial charge on any atom is -0.354 e. The molecule has 1 atom stereocenters. The highest BCUT2D eigenvalue weighted by atomic mass is 32.1. The van der Waals surface area contributed by atoms with Gasteiger partial charge in [0.2, 0.25) is 5.91 Å². The average molecular weight is 507 g/mol. The van der Waals surface area contributed by atoms with Crippen molar-refractivity contribution in [3.05, 3.63) is 84.7 Å². The quantitative estimate of drug-likeness (QED) is 0.316. The summed E-state index contributed by atoms with van der Waals surface area (Å²) in [7, 11) is 0. The van der Waals surface area contributed by atoms with E-state index in [1.165, 1.54) is 10.3 Å². The fraction of sp³-hybridized carbons (Fsp3) is 0.207. The van der Waals surface area contributed by atoms with Gasteiger partial charge in [0.15, 0.2) is 5.82 Å². The average Bonchev–Trinajstić information content (AvgIpc) is 3.37. The lowest BCUT2D eigenvalue weighted by atomic mass is 9.97. The monoisotopic (exact) mass is 506 g/mol. The molecule has 1 amide bonds. The molecule has 1 aliphatic rings. The molecule has 0 spiro atoms. The van der Waals surface area contributed by atoms with E-state index >= 15 is 0 Å². The smallest absolute Gasteiger partial charge is 0.229 e. The first-order valence-corrected chi connectivity index (χ1v) is 13.2. The summed E-state index contributed by atoms with van der Waals surface area (Å²) in [5.41, 5.74) is 5.81. The Labute approximate surface area is 219 Å². The molecule has 6 rings (SSSR count). The van der Waals surface area contributed by atoms with Crippen molar-refractivity contribution in [2.24, 2.45) is 5.92 Å². The van der Waals surface area contributed by atoms with Crippen LogP contribution in [-0.4, -0.2) is 39.2 Å². The van der Waals surface area contributed by atoms with Crippen LogP contribution in [0.1, 0.15) is 18.4 Å². The van der Waals surface area contributed by atoms with Crippen molar-refractivity contribution < 1.29 is 4.79 Å². The number of piperidine rings is 1. The third-order valence-corrected chi connectivity index (χ3v) is 7.73. The van der Waals surface area contributed by atoms with Crippen LogP contribution in [0.5, 0.6) is 0 Å². The van der Waals surface area contributed by atoms with Gasteiger partial charge in [-0.05, 0) is 86.0 Å². The maximum atomic E-state index is 13.1. The SMILES string of the molecule is Cc1ccc2nc(-c3ccc(NC(=O)C4CCCN(c5ccc(-c6cccnc6)nn5)C4)cc3)sc2c1. The van der Waals surface area contributed by atoms with Gasteiger partial charge in [0.25, 0.3) is 0 Å². The number of aromatic nitrogens is 4. The largest absolute Gasteiger partial charge is 0.354 e. The van der Waals surface area contributed by atoms with E-state index in [0.717, 1.165) is 58.2 Å². The van der Waals surface area contributed by atoms with Crippen LogP contribution in [0.2, 0.25) is 0 Å². The second-order valence-electron chi connectivity index (χ2n) is 9.36. The Morgan fingerprint density at radius 2 is 1.92 bits per heavy atom. The molecule has 37 heavy (non-hydrogen) atoms. The lowest BCUT2D eigenvalue weighted by molar-refractivity contribution is -0.120. The number of nitrogens with zero attached hydrogens (tertiary/aromatic N) is 5. The van der Waals surface area contributed by atoms with E-state index in [4.69, 9.17) is 4.98 Å². The van der Waals surface area contributed by atoms with Crippen LogP contribution in [0.4, 0.5) is 11.5 Å². The Kier molecular flexibility index (Phi) is 6.32. The summed E-state index contributed by atoms with van der Waals surface area (Å²) in [6.45, 7) is 3.58. The first kappa shape index (κ1) is 23.2. The number of rotatable bonds is 5. The standard InChI is InChI=1S/C29H26N6OS/c1-19-6-11-25-26(16-19)37-29(32-25)20-7-9-23(10-8-20)31-28(36)22-5-3-15-35(18-22)27-13-12-24(33-34-27)21-4-2-14-30-17-21/h2,4,6-14,16-17,22H,3,5,15,18H2,1H3,(H,31,36). The van der Waals surface area contributed by atoms with Crippen molar-refractivity contribution in [3.63, 3.8) is 0 Å². The van der Waals surface area contributed by atoms with Gasteiger partial charge in [-0.15, -0.1) is 21.5 Å². The lowest BCUT2D eigenvalue weighted by Crippen LogP contribution is -2.41. The van der Waals surface area contributed by atoms with Gasteiger partial charge in [-0.1, -0.05) is 6.07 Å². The number of nitrogens with one attached hydrogen (secondary N) is 1. The molecule has 184 valence electrons. The number of aryl methyl sites for hydroxylation is 1. The number of thiazole rings is 1. The highest BCUT2D eigenvalue weighted by Crippen LogP contribution is 2.31. The Bertz CT molecular complexity index is 1530. The Balaban J connectivity index is 1.10. The summed E-state index contributed by atoms with van der Waals surface area (Å²) in [6.07, 6.45) is 5.30. The van der Waals surface area contributed by atoms with Gasteiger partial charge < -0.3 is 10.2 Å². The summed E-state index contributed by atoms with van der Waals surface area (Å²) in [4.78, 5) is 24.1. The molecule has 3 aromatic heterocycles. The Morgan fingerprint density at radius 1 is 1.03 bits per heavy atom. The van der Waals surface area contributed by atoms with Gasteiger partial charge in [0.05, 0.1) is 21.8 Å². The maximum Gasteiger partial charge on any atom is 0.229 e. The zero-order chi connectivity index (χ0) is 25.2. The summed E-state index contributed by atoms with van der Waals surface area (Å²) in [5, 5.41) is 12.9. The number of benzene rings is 2. The van der Waals surface area contributed by atoms with E-state index in [0.29, 0.717) is 6.54 Å². The fourth-order valence-electron chi connectivity index (χ4n) is 4.66. The van der Waals surface area contributed by atoms with Crippen molar-refractivity contribution in [2.75, 3.05) is 23.3 Å². The lowest BCUT2D eigenvalue weighted by Gasteiger charge is -2.32. The molecule has 7 nitrogen and oxygen atoms in total. The number of hydrogen-bond donors (Lipinski definition) is 1. The van der Waals surface area contributed by atoms with Gasteiger partial charge in [0, 0.05) is 42.3 Å². The fourth-order valence-corrected chi connectivity index (χ4v) is 5.73. The van der Waals surface area contributed by atoms with Gasteiger partial charge in [-0.3, -0.25) is 9.78 Å². The predicted octanol–water partition coefficient (Wildman–Crippen LogP) is 5.98. The molecule has 4 heterocycles. The number of carbonyl (C=O) groups is 1. The summed E-state index contributed by atoms with van der Waals surface area (Å²) >= 11 is 1.69. The zero-order valence-electron chi connectivity index (χ0n) is 20.5. The molecule has 0 aliphatic carbocycles. The van der Waals surface area contributed by atoms with Crippen LogP contribution < -0.4 is 10.2 Å². The molecule has 0 radical (unpaired) electrons. The number of anilines is 2. The Hall–Kier alpha value is -4.17. The first-order valence-electron chi connectivity index (χ1n) is 12.4. The molecule has 1 N–H and O–H groups in total. The third kappa shape index (κ3) is 5.06. The molecule has 0 saturated carbocycles. The summed E-state index contributed by atoms with van der Waals surface area (Å²) in [5.74, 6) is 0.717. The van der Waals surface area contributed by atoms with Gasteiger partial charge >= 0.3 is 0 Å². The van der Waals surface area contributed by atoms with Crippen molar-refractivity contribution in [3.8, 4) is 21.8 Å². The van der Waals surface area contributed by atoms with Gasteiger partial charge in [-0.25, -0.2) is 4.98 Å². The van der Waals surface area contributed by atoms with E-state index < -0.39 is 0 Å². The molecule has 1 unspecified atom stereocenters. The zero-order valence-corrected chi connectivity index (χ0v) is 21.3. The molecule has 0 bridgehead atoms. The number of hydrogen-bond acceptors (Lipinski definition) is 7. The summed E-state index contributed by atoms with van der Waals surface area (Å²) < 4.78 is 1.19. The molecular weight excluding hydrogens is 480 g/mol. The van der Waals surface area contributed by atoms with Crippen LogP contribution in [0.25, 0.3) is 32.0 Å². The highest BCUT2D eigenvalue weighted by Gasteiger charge is 2.27. The molecular formula is C29H26N6OS. The van der Waals surface area contributed by atoms with E-state index in [9.17, 15) is 4.79 Å². The molecule has 1 saturated heterocycles. The number of fused-ring (bicyclic) bond motifs is 1. The molecule has 5 aromatic rings. The maximum absolute atomic E-state index is 13.1. The van der Waals surface area contributed by atoms with Gasteiger partial charge in [-0.2, -0.15) is 0 Å². The number of amides is 1. The first-order chi connectivity index (χ1) is 18.1. The third-order valence-electron chi connectivity index (χ3n) is 6.67. The van der Waals surface area contributed by atoms with Crippen LogP contribution in [-0.2, 0) is 4.79 Å². The van der Waals surface area contributed by atoms with Crippen LogP contribution >= 0.6 is 11.3 Å². The normalized spacial score (nSPS) is 15.6. The second kappa shape index (κ2) is 10.1. The molecule has 1 fully saturated rings. The van der Waals surface area contributed by atoms with Crippen LogP contribution in [0.3, 0.4) is 0 Å². The highest BCUT2D eigenvalue weighted by molar-refractivity contribution is 7.21. The van der Waals surface area contributed by atoms with Crippen molar-refractivity contribution in [1.82, 2.24) is 20.2 Å². The van der Waals surface area contributed by atoms with E-state index in [1.54, 1.807) is 23.7 Å². The van der Waals surface area contributed by atoms with E-state index in [1.807, 2.05) is 48.5 Å². The molecule has 8 heteroatoms. The molecule has 2 aromatic carbocycles. The van der Waals surface area contributed by atoms with Crippen molar-refractivity contribution in [1.29, 1.82) is 0 Å². The minimum atomic E-state index is -0.110. The number of pyridine rings is 1. The topological polar surface area (TPSA) is 83.9 Å². The van der Waals surface area contributed by atoms with E-state index in [2.05, 4.69) is 50.5 Å². The predicted molar refractivity (Wildman–Crippen MR) is 149 cm³/mol. The van der Waals surface area contributed by atoms with Crippen LogP contribution in [0.15, 0.2) is 79.1 Å². The Morgan fingerprint density at radius 3 is 2.70 bits per heavy atom.